The number of aryl methyl sites for hydroxylation is 1. The maximum absolute atomic E-state index is 13.8. The Kier molecular flexibility index (Phi) is 4.04. The topological polar surface area (TPSA) is 63.1 Å². The number of carbonyl (C=O) groups is 1. The van der Waals surface area contributed by atoms with Crippen LogP contribution in [0.25, 0.3) is 0 Å². The highest BCUT2D eigenvalue weighted by molar-refractivity contribution is 5.92. The van der Waals surface area contributed by atoms with Crippen molar-refractivity contribution in [1.82, 2.24) is 19.9 Å². The number of anilines is 1. The van der Waals surface area contributed by atoms with Gasteiger partial charge >= 0.3 is 0 Å². The first-order valence-corrected chi connectivity index (χ1v) is 7.28. The van der Waals surface area contributed by atoms with Gasteiger partial charge in [0.1, 0.15) is 5.69 Å². The van der Waals surface area contributed by atoms with Crippen LogP contribution in [0.1, 0.15) is 23.3 Å². The summed E-state index contributed by atoms with van der Waals surface area (Å²) in [6.07, 6.45) is 6.58. The fraction of sp³-hybridized carbons (Fsp3) is 0.400. The third-order valence-electron chi connectivity index (χ3n) is 3.73. The van der Waals surface area contributed by atoms with Crippen LogP contribution in [0.15, 0.2) is 30.9 Å². The Morgan fingerprint density at radius 3 is 3.05 bits per heavy atom. The molecular formula is C15H18FN5O. The van der Waals surface area contributed by atoms with E-state index >= 15 is 0 Å². The summed E-state index contributed by atoms with van der Waals surface area (Å²) in [5, 5.41) is 2.96. The number of piperidine rings is 1. The zero-order valence-corrected chi connectivity index (χ0v) is 12.4. The lowest BCUT2D eigenvalue weighted by Crippen LogP contribution is -2.48. The van der Waals surface area contributed by atoms with Crippen molar-refractivity contribution < 1.29 is 9.18 Å². The Bertz CT molecular complexity index is 671. The normalized spacial score (nSPS) is 18.3. The van der Waals surface area contributed by atoms with Crippen molar-refractivity contribution in [1.29, 1.82) is 0 Å². The molecule has 3 heterocycles. The van der Waals surface area contributed by atoms with Crippen LogP contribution in [0, 0.1) is 5.82 Å². The molecule has 0 aromatic carbocycles. The predicted molar refractivity (Wildman–Crippen MR) is 80.1 cm³/mol. The van der Waals surface area contributed by atoms with Gasteiger partial charge in [-0.2, -0.15) is 0 Å². The van der Waals surface area contributed by atoms with Gasteiger partial charge in [-0.05, 0) is 25.0 Å². The van der Waals surface area contributed by atoms with Crippen LogP contribution in [-0.2, 0) is 7.05 Å². The van der Waals surface area contributed by atoms with Gasteiger partial charge in [-0.1, -0.05) is 0 Å². The second-order valence-electron chi connectivity index (χ2n) is 5.49. The lowest BCUT2D eigenvalue weighted by molar-refractivity contribution is 0.0928. The summed E-state index contributed by atoms with van der Waals surface area (Å²) < 4.78 is 15.6. The van der Waals surface area contributed by atoms with E-state index in [2.05, 4.69) is 15.3 Å². The number of nitrogens with zero attached hydrogens (tertiary/aromatic N) is 4. The average Bonchev–Trinajstić information content (AvgIpc) is 2.95. The van der Waals surface area contributed by atoms with Gasteiger partial charge < -0.3 is 14.8 Å². The van der Waals surface area contributed by atoms with Gasteiger partial charge in [0.05, 0.1) is 6.33 Å². The van der Waals surface area contributed by atoms with Crippen molar-refractivity contribution in [2.75, 3.05) is 18.0 Å². The third kappa shape index (κ3) is 3.08. The molecule has 1 amide bonds. The number of halogens is 1. The molecule has 1 unspecified atom stereocenters. The van der Waals surface area contributed by atoms with Crippen LogP contribution in [0.4, 0.5) is 10.2 Å². The summed E-state index contributed by atoms with van der Waals surface area (Å²) >= 11 is 0. The summed E-state index contributed by atoms with van der Waals surface area (Å²) in [5.41, 5.74) is 0.392. The summed E-state index contributed by atoms with van der Waals surface area (Å²) in [6, 6.07) is 2.94. The number of imidazole rings is 1. The zero-order valence-electron chi connectivity index (χ0n) is 12.4. The van der Waals surface area contributed by atoms with E-state index in [9.17, 15) is 9.18 Å². The van der Waals surface area contributed by atoms with E-state index < -0.39 is 0 Å². The van der Waals surface area contributed by atoms with E-state index in [0.717, 1.165) is 19.4 Å². The Hall–Kier alpha value is -2.44. The average molecular weight is 303 g/mol. The smallest absolute Gasteiger partial charge is 0.271 e. The third-order valence-corrected chi connectivity index (χ3v) is 3.73. The molecule has 2 aromatic rings. The Labute approximate surface area is 128 Å². The van der Waals surface area contributed by atoms with Crippen LogP contribution in [0.5, 0.6) is 0 Å². The lowest BCUT2D eigenvalue weighted by atomic mass is 10.1. The number of hydrogen-bond donors (Lipinski definition) is 1. The van der Waals surface area contributed by atoms with Crippen LogP contribution in [0.3, 0.4) is 0 Å². The number of hydrogen-bond acceptors (Lipinski definition) is 4. The fourth-order valence-corrected chi connectivity index (χ4v) is 2.69. The number of amides is 1. The largest absolute Gasteiger partial charge is 0.352 e. The minimum Gasteiger partial charge on any atom is -0.352 e. The zero-order chi connectivity index (χ0) is 15.5. The van der Waals surface area contributed by atoms with E-state index in [1.807, 2.05) is 11.9 Å². The molecular weight excluding hydrogens is 285 g/mol. The van der Waals surface area contributed by atoms with Crippen molar-refractivity contribution in [2.45, 2.75) is 18.9 Å². The van der Waals surface area contributed by atoms with Crippen molar-refractivity contribution in [3.63, 3.8) is 0 Å². The Balaban J connectivity index is 1.66. The minimum atomic E-state index is -0.334. The van der Waals surface area contributed by atoms with Gasteiger partial charge in [-0.25, -0.2) is 14.4 Å². The molecule has 1 aliphatic rings. The molecule has 1 saturated heterocycles. The van der Waals surface area contributed by atoms with Crippen LogP contribution >= 0.6 is 0 Å². The monoisotopic (exact) mass is 303 g/mol. The van der Waals surface area contributed by atoms with Gasteiger partial charge in [0, 0.05) is 38.6 Å². The second kappa shape index (κ2) is 6.13. The first-order chi connectivity index (χ1) is 10.6. The van der Waals surface area contributed by atoms with Gasteiger partial charge in [-0.3, -0.25) is 4.79 Å². The number of aromatic nitrogens is 3. The van der Waals surface area contributed by atoms with E-state index in [1.165, 1.54) is 6.07 Å². The maximum atomic E-state index is 13.8. The van der Waals surface area contributed by atoms with Gasteiger partial charge in [0.2, 0.25) is 0 Å². The van der Waals surface area contributed by atoms with Gasteiger partial charge in [0.15, 0.2) is 11.6 Å². The number of rotatable bonds is 3. The molecule has 0 radical (unpaired) electrons. The minimum absolute atomic E-state index is 0.0373. The molecule has 1 aliphatic heterocycles. The first kappa shape index (κ1) is 14.5. The Morgan fingerprint density at radius 1 is 1.45 bits per heavy atom. The highest BCUT2D eigenvalue weighted by Gasteiger charge is 2.24. The second-order valence-corrected chi connectivity index (χ2v) is 5.49. The molecule has 1 fully saturated rings. The lowest BCUT2D eigenvalue weighted by Gasteiger charge is -2.33. The molecule has 0 spiro atoms. The molecule has 7 heteroatoms. The summed E-state index contributed by atoms with van der Waals surface area (Å²) in [4.78, 5) is 22.2. The summed E-state index contributed by atoms with van der Waals surface area (Å²) in [5.74, 6) is -0.188. The van der Waals surface area contributed by atoms with E-state index in [-0.39, 0.29) is 17.8 Å². The summed E-state index contributed by atoms with van der Waals surface area (Å²) in [6.45, 7) is 1.29. The highest BCUT2D eigenvalue weighted by Crippen LogP contribution is 2.20. The van der Waals surface area contributed by atoms with Crippen LogP contribution in [-0.4, -0.2) is 39.6 Å². The van der Waals surface area contributed by atoms with Crippen molar-refractivity contribution >= 4 is 11.7 Å². The standard InChI is InChI=1S/C15H18FN5O/c1-20-9-13(18-10-20)15(22)19-11-4-3-7-21(8-11)14-12(16)5-2-6-17-14/h2,5-6,9-11H,3-4,7-8H2,1H3,(H,19,22). The van der Waals surface area contributed by atoms with E-state index in [4.69, 9.17) is 0 Å². The highest BCUT2D eigenvalue weighted by atomic mass is 19.1. The summed E-state index contributed by atoms with van der Waals surface area (Å²) in [7, 11) is 1.82. The predicted octanol–water partition coefficient (Wildman–Crippen LogP) is 1.35. The number of nitrogens with one attached hydrogen (secondary N) is 1. The van der Waals surface area contributed by atoms with Crippen molar-refractivity contribution in [3.05, 3.63) is 42.4 Å². The van der Waals surface area contributed by atoms with Crippen LogP contribution < -0.4 is 10.2 Å². The molecule has 3 rings (SSSR count). The molecule has 0 bridgehead atoms. The molecule has 0 saturated carbocycles. The first-order valence-electron chi connectivity index (χ1n) is 7.28. The van der Waals surface area contributed by atoms with Gasteiger partial charge in [-0.15, -0.1) is 0 Å². The number of pyridine rings is 1. The maximum Gasteiger partial charge on any atom is 0.271 e. The number of carbonyl (C=O) groups excluding carboxylic acids is 1. The van der Waals surface area contributed by atoms with E-state index in [0.29, 0.717) is 18.1 Å². The molecule has 22 heavy (non-hydrogen) atoms. The molecule has 1 atom stereocenters. The Morgan fingerprint density at radius 2 is 2.32 bits per heavy atom. The molecule has 0 aliphatic carbocycles. The van der Waals surface area contributed by atoms with E-state index in [1.54, 1.807) is 29.4 Å². The fourth-order valence-electron chi connectivity index (χ4n) is 2.69. The molecule has 116 valence electrons. The molecule has 6 nitrogen and oxygen atoms in total. The van der Waals surface area contributed by atoms with Crippen molar-refractivity contribution in [2.24, 2.45) is 7.05 Å². The van der Waals surface area contributed by atoms with Crippen LogP contribution in [0.2, 0.25) is 0 Å². The quantitative estimate of drug-likeness (QED) is 0.930. The van der Waals surface area contributed by atoms with Crippen molar-refractivity contribution in [3.8, 4) is 0 Å². The molecule has 2 aromatic heterocycles. The SMILES string of the molecule is Cn1cnc(C(=O)NC2CCCN(c3ncccc3F)C2)c1. The molecule has 1 N–H and O–H groups in total. The van der Waals surface area contributed by atoms with Gasteiger partial charge in [0.25, 0.3) is 5.91 Å².